The summed E-state index contributed by atoms with van der Waals surface area (Å²) in [6.07, 6.45) is 0. The average Bonchev–Trinajstić information content (AvgIpc) is 2.42. The molecule has 0 unspecified atom stereocenters. The molecule has 0 bridgehead atoms. The van der Waals surface area contributed by atoms with Crippen molar-refractivity contribution < 1.29 is 0 Å². The van der Waals surface area contributed by atoms with Crippen molar-refractivity contribution in [2.45, 2.75) is 20.8 Å². The van der Waals surface area contributed by atoms with E-state index in [0.717, 1.165) is 5.57 Å². The second-order valence-electron chi connectivity index (χ2n) is 3.69. The van der Waals surface area contributed by atoms with E-state index in [1.54, 1.807) is 0 Å². The van der Waals surface area contributed by atoms with E-state index in [9.17, 15) is 0 Å². The molecule has 0 N–H and O–H groups in total. The molecule has 17 heavy (non-hydrogen) atoms. The van der Waals surface area contributed by atoms with Gasteiger partial charge in [-0.05, 0) is 23.6 Å². The van der Waals surface area contributed by atoms with Crippen LogP contribution in [0.5, 0.6) is 0 Å². The van der Waals surface area contributed by atoms with Crippen molar-refractivity contribution in [1.29, 1.82) is 0 Å². The molecular formula is C17H20. The lowest BCUT2D eigenvalue weighted by Crippen LogP contribution is -1.85. The Morgan fingerprint density at radius 2 is 1.35 bits per heavy atom. The van der Waals surface area contributed by atoms with Gasteiger partial charge in [-0.15, -0.1) is 0 Å². The summed E-state index contributed by atoms with van der Waals surface area (Å²) < 4.78 is 0. The van der Waals surface area contributed by atoms with Crippen LogP contribution in [0, 0.1) is 0 Å². The van der Waals surface area contributed by atoms with Crippen LogP contribution in [-0.2, 0) is 0 Å². The molecule has 0 saturated heterocycles. The van der Waals surface area contributed by atoms with Crippen molar-refractivity contribution in [2.24, 2.45) is 0 Å². The minimum atomic E-state index is 1.11. The highest BCUT2D eigenvalue weighted by Crippen LogP contribution is 2.27. The smallest absolute Gasteiger partial charge is 0.0109 e. The van der Waals surface area contributed by atoms with Gasteiger partial charge >= 0.3 is 0 Å². The highest BCUT2D eigenvalue weighted by molar-refractivity contribution is 5.79. The summed E-state index contributed by atoms with van der Waals surface area (Å²) >= 11 is 0. The molecule has 0 saturated carbocycles. The molecule has 0 radical (unpaired) electrons. The SMILES string of the molecule is C=C(C)c1ccccc1-c1ccccc1.CC. The first-order valence-corrected chi connectivity index (χ1v) is 6.09. The van der Waals surface area contributed by atoms with Crippen molar-refractivity contribution in [3.05, 3.63) is 66.7 Å². The van der Waals surface area contributed by atoms with Crippen LogP contribution in [0.2, 0.25) is 0 Å². The molecule has 0 heterocycles. The van der Waals surface area contributed by atoms with Gasteiger partial charge in [0.25, 0.3) is 0 Å². The molecule has 0 heteroatoms. The molecule has 0 nitrogen and oxygen atoms in total. The van der Waals surface area contributed by atoms with Crippen molar-refractivity contribution in [3.8, 4) is 11.1 Å². The molecule has 0 aliphatic heterocycles. The quantitative estimate of drug-likeness (QED) is 0.639. The first-order valence-electron chi connectivity index (χ1n) is 6.09. The monoisotopic (exact) mass is 224 g/mol. The van der Waals surface area contributed by atoms with Crippen LogP contribution in [0.15, 0.2) is 61.2 Å². The van der Waals surface area contributed by atoms with Gasteiger partial charge in [0, 0.05) is 0 Å². The van der Waals surface area contributed by atoms with Gasteiger partial charge in [0.1, 0.15) is 0 Å². The summed E-state index contributed by atoms with van der Waals surface area (Å²) in [5.41, 5.74) is 4.83. The van der Waals surface area contributed by atoms with E-state index < -0.39 is 0 Å². The Morgan fingerprint density at radius 3 is 1.94 bits per heavy atom. The Morgan fingerprint density at radius 1 is 0.824 bits per heavy atom. The Bertz CT molecular complexity index is 466. The third-order valence-corrected chi connectivity index (χ3v) is 2.47. The molecule has 2 aromatic rings. The van der Waals surface area contributed by atoms with Gasteiger partial charge in [-0.25, -0.2) is 0 Å². The van der Waals surface area contributed by atoms with E-state index in [4.69, 9.17) is 0 Å². The van der Waals surface area contributed by atoms with Crippen LogP contribution in [0.25, 0.3) is 16.7 Å². The molecular weight excluding hydrogens is 204 g/mol. The lowest BCUT2D eigenvalue weighted by atomic mass is 9.96. The molecule has 88 valence electrons. The van der Waals surface area contributed by atoms with Gasteiger partial charge < -0.3 is 0 Å². The summed E-state index contributed by atoms with van der Waals surface area (Å²) in [6, 6.07) is 18.8. The van der Waals surface area contributed by atoms with Gasteiger partial charge in [-0.2, -0.15) is 0 Å². The van der Waals surface area contributed by atoms with E-state index >= 15 is 0 Å². The van der Waals surface area contributed by atoms with Gasteiger partial charge in [-0.3, -0.25) is 0 Å². The zero-order valence-electron chi connectivity index (χ0n) is 10.9. The van der Waals surface area contributed by atoms with E-state index in [2.05, 4.69) is 55.1 Å². The minimum absolute atomic E-state index is 1.11. The predicted molar refractivity (Wildman–Crippen MR) is 77.9 cm³/mol. The van der Waals surface area contributed by atoms with Crippen LogP contribution < -0.4 is 0 Å². The normalized spacial score (nSPS) is 9.12. The summed E-state index contributed by atoms with van der Waals surface area (Å²) in [5.74, 6) is 0. The maximum Gasteiger partial charge on any atom is -0.0109 e. The maximum absolute atomic E-state index is 4.01. The number of benzene rings is 2. The summed E-state index contributed by atoms with van der Waals surface area (Å²) in [5, 5.41) is 0. The second-order valence-corrected chi connectivity index (χ2v) is 3.69. The molecule has 0 amide bonds. The van der Waals surface area contributed by atoms with E-state index in [-0.39, 0.29) is 0 Å². The number of allylic oxidation sites excluding steroid dienone is 1. The highest BCUT2D eigenvalue weighted by Gasteiger charge is 2.03. The van der Waals surface area contributed by atoms with Crippen LogP contribution in [0.3, 0.4) is 0 Å². The Balaban J connectivity index is 0.000000686. The third kappa shape index (κ3) is 3.32. The molecule has 0 aliphatic carbocycles. The maximum atomic E-state index is 4.01. The van der Waals surface area contributed by atoms with E-state index in [0.29, 0.717) is 0 Å². The van der Waals surface area contributed by atoms with Crippen molar-refractivity contribution in [1.82, 2.24) is 0 Å². The molecule has 0 aromatic heterocycles. The fourth-order valence-corrected chi connectivity index (χ4v) is 1.72. The largest absolute Gasteiger partial charge is 0.0955 e. The van der Waals surface area contributed by atoms with Crippen molar-refractivity contribution >= 4 is 5.57 Å². The molecule has 2 rings (SSSR count). The van der Waals surface area contributed by atoms with Crippen molar-refractivity contribution in [3.63, 3.8) is 0 Å². The van der Waals surface area contributed by atoms with Crippen LogP contribution in [0.1, 0.15) is 26.3 Å². The number of rotatable bonds is 2. The Labute approximate surface area is 105 Å². The van der Waals surface area contributed by atoms with Gasteiger partial charge in [-0.1, -0.05) is 80.6 Å². The zero-order chi connectivity index (χ0) is 12.7. The molecule has 2 aromatic carbocycles. The standard InChI is InChI=1S/C15H14.C2H6/c1-12(2)14-10-6-7-11-15(14)13-8-4-3-5-9-13;1-2/h3-11H,1H2,2H3;1-2H3. The van der Waals surface area contributed by atoms with Crippen LogP contribution in [-0.4, -0.2) is 0 Å². The van der Waals surface area contributed by atoms with E-state index in [1.165, 1.54) is 16.7 Å². The van der Waals surface area contributed by atoms with Crippen LogP contribution >= 0.6 is 0 Å². The molecule has 0 atom stereocenters. The first-order chi connectivity index (χ1) is 8.29. The topological polar surface area (TPSA) is 0 Å². The Hall–Kier alpha value is -1.82. The fourth-order valence-electron chi connectivity index (χ4n) is 1.72. The fraction of sp³-hybridized carbons (Fsp3) is 0.176. The highest BCUT2D eigenvalue weighted by atomic mass is 14.1. The summed E-state index contributed by atoms with van der Waals surface area (Å²) in [4.78, 5) is 0. The summed E-state index contributed by atoms with van der Waals surface area (Å²) in [7, 11) is 0. The molecule has 0 fully saturated rings. The van der Waals surface area contributed by atoms with Gasteiger partial charge in [0.15, 0.2) is 0 Å². The average molecular weight is 224 g/mol. The Kier molecular flexibility index (Phi) is 5.22. The molecule has 0 spiro atoms. The van der Waals surface area contributed by atoms with E-state index in [1.807, 2.05) is 26.8 Å². The molecule has 0 aliphatic rings. The lowest BCUT2D eigenvalue weighted by Gasteiger charge is -2.08. The minimum Gasteiger partial charge on any atom is -0.0955 e. The zero-order valence-corrected chi connectivity index (χ0v) is 10.9. The summed E-state index contributed by atoms with van der Waals surface area (Å²) in [6.45, 7) is 10.1. The van der Waals surface area contributed by atoms with Crippen LogP contribution in [0.4, 0.5) is 0 Å². The number of hydrogen-bond donors (Lipinski definition) is 0. The predicted octanol–water partition coefficient (Wildman–Crippen LogP) is 5.41. The lowest BCUT2D eigenvalue weighted by molar-refractivity contribution is 1.50. The van der Waals surface area contributed by atoms with Gasteiger partial charge in [0.05, 0.1) is 0 Å². The third-order valence-electron chi connectivity index (χ3n) is 2.47. The number of hydrogen-bond acceptors (Lipinski definition) is 0. The second kappa shape index (κ2) is 6.70. The van der Waals surface area contributed by atoms with Crippen molar-refractivity contribution in [2.75, 3.05) is 0 Å². The van der Waals surface area contributed by atoms with Gasteiger partial charge in [0.2, 0.25) is 0 Å². The first kappa shape index (κ1) is 13.2.